The van der Waals surface area contributed by atoms with E-state index in [2.05, 4.69) is 222 Å². The number of nitrogens with zero attached hydrogens (tertiary/aromatic N) is 2. The van der Waals surface area contributed by atoms with Gasteiger partial charge in [-0.1, -0.05) is 139 Å². The summed E-state index contributed by atoms with van der Waals surface area (Å²) in [6, 6.07) is 44.2. The Morgan fingerprint density at radius 3 is 1.72 bits per heavy atom. The number of para-hydroxylation sites is 1. The van der Waals surface area contributed by atoms with Gasteiger partial charge in [0, 0.05) is 66.9 Å². The van der Waals surface area contributed by atoms with Crippen LogP contribution in [0.3, 0.4) is 0 Å². The van der Waals surface area contributed by atoms with Gasteiger partial charge in [0.15, 0.2) is 0 Å². The highest BCUT2D eigenvalue weighted by atomic mass is 16.3. The summed E-state index contributed by atoms with van der Waals surface area (Å²) in [6.07, 6.45) is 4.57. The molecule has 2 aliphatic carbocycles. The number of anilines is 5. The molecule has 2 aliphatic heterocycles. The van der Waals surface area contributed by atoms with Crippen molar-refractivity contribution in [2.24, 2.45) is 0 Å². The van der Waals surface area contributed by atoms with E-state index >= 15 is 0 Å². The Balaban J connectivity index is 1.15. The van der Waals surface area contributed by atoms with Gasteiger partial charge in [0.2, 0.25) is 0 Å². The monoisotopic (exact) mass is 973 g/mol. The minimum atomic E-state index is -0.369. The van der Waals surface area contributed by atoms with Crippen LogP contribution in [0.2, 0.25) is 0 Å². The zero-order valence-electron chi connectivity index (χ0n) is 46.0. The van der Waals surface area contributed by atoms with Crippen molar-refractivity contribution in [2.75, 3.05) is 9.71 Å². The van der Waals surface area contributed by atoms with Gasteiger partial charge in [-0.25, -0.2) is 0 Å². The molecule has 0 atom stereocenters. The Labute approximate surface area is 437 Å². The topological polar surface area (TPSA) is 45.9 Å². The number of furan rings is 3. The molecule has 5 heterocycles. The number of fused-ring (bicyclic) bond motifs is 15. The fraction of sp³-hybridized carbons (Fsp3) is 0.353. The first-order valence-corrected chi connectivity index (χ1v) is 27.4. The van der Waals surface area contributed by atoms with E-state index in [-0.39, 0.29) is 39.3 Å². The van der Waals surface area contributed by atoms with E-state index in [1.54, 1.807) is 0 Å². The predicted octanol–water partition coefficient (Wildman–Crippen LogP) is 18.2. The number of hydrogen-bond donors (Lipinski definition) is 0. The normalized spacial score (nSPS) is 18.3. The number of benzene rings is 7. The van der Waals surface area contributed by atoms with Crippen LogP contribution >= 0.6 is 0 Å². The van der Waals surface area contributed by atoms with Gasteiger partial charge < -0.3 is 23.0 Å². The highest BCUT2D eigenvalue weighted by molar-refractivity contribution is 6.93. The lowest BCUT2D eigenvalue weighted by atomic mass is 9.45. The van der Waals surface area contributed by atoms with Crippen molar-refractivity contribution in [3.8, 4) is 11.1 Å². The van der Waals surface area contributed by atoms with Gasteiger partial charge >= 0.3 is 6.85 Å². The Kier molecular flexibility index (Phi) is 9.05. The lowest BCUT2D eigenvalue weighted by Crippen LogP contribution is -2.61. The van der Waals surface area contributed by atoms with E-state index in [1.807, 2.05) is 0 Å². The molecule has 0 saturated carbocycles. The average Bonchev–Trinajstić information content (AvgIpc) is 4.04. The van der Waals surface area contributed by atoms with E-state index < -0.39 is 0 Å². The largest absolute Gasteiger partial charge is 0.466 e. The quantitative estimate of drug-likeness (QED) is 0.162. The molecule has 0 spiro atoms. The summed E-state index contributed by atoms with van der Waals surface area (Å²) in [4.78, 5) is 5.14. The smallest absolute Gasteiger partial charge is 0.376 e. The van der Waals surface area contributed by atoms with Gasteiger partial charge in [0.25, 0.3) is 0 Å². The van der Waals surface area contributed by atoms with Crippen LogP contribution in [0.5, 0.6) is 0 Å². The third kappa shape index (κ3) is 6.35. The molecular weight excluding hydrogens is 904 g/mol. The van der Waals surface area contributed by atoms with Gasteiger partial charge in [-0.3, -0.25) is 0 Å². The molecule has 0 N–H and O–H groups in total. The van der Waals surface area contributed by atoms with Crippen LogP contribution in [0.4, 0.5) is 28.4 Å². The molecule has 4 aliphatic rings. The van der Waals surface area contributed by atoms with Crippen LogP contribution in [-0.2, 0) is 32.5 Å². The van der Waals surface area contributed by atoms with Crippen LogP contribution in [0.15, 0.2) is 129 Å². The molecule has 0 saturated heterocycles. The van der Waals surface area contributed by atoms with E-state index in [0.29, 0.717) is 0 Å². The molecule has 0 unspecified atom stereocenters. The summed E-state index contributed by atoms with van der Waals surface area (Å²) in [7, 11) is 0. The summed E-state index contributed by atoms with van der Waals surface area (Å²) in [5.41, 5.74) is 22.7. The van der Waals surface area contributed by atoms with Gasteiger partial charge in [0.1, 0.15) is 33.6 Å². The zero-order chi connectivity index (χ0) is 51.6. The van der Waals surface area contributed by atoms with E-state index in [9.17, 15) is 0 Å². The standard InChI is InChI=1S/C68H69BN2O3/c1-63(2,3)38-19-22-40(23-20-38)71-52-37-57-43(44-34-50-51(36-56(44)72-57)68(13,14)30-29-67(50,11)12)33-46(52)58-59-53(35-45-42-17-15-16-18-54(42)73-61(45)58)70(41-24-25-48-49(32-41)66(9,10)28-27-65(48,7)8)60-47-31-39(64(4,5)6)21-26-55(47)74-62(60)69(59)71/h15-26,31-37H,27-30H2,1-14H3. The summed E-state index contributed by atoms with van der Waals surface area (Å²) in [5.74, 6) is 0. The number of rotatable bonds is 2. The SMILES string of the molecule is CC(C)(C)c1ccc(N2B3c4oc5ccc(C(C)(C)C)cc5c4N(c4ccc5c(c4)C(C)(C)CCC5(C)C)c4cc5c(oc6ccccc65)c(c43)-c3cc4c(cc32)oc2cc3c(cc24)C(C)(C)CCC3(C)C)cc1. The summed E-state index contributed by atoms with van der Waals surface area (Å²) in [6.45, 7) is 32.8. The molecule has 5 nitrogen and oxygen atoms in total. The summed E-state index contributed by atoms with van der Waals surface area (Å²) in [5, 5.41) is 5.61. The lowest BCUT2D eigenvalue weighted by Gasteiger charge is -2.45. The maximum atomic E-state index is 7.56. The van der Waals surface area contributed by atoms with Crippen molar-refractivity contribution in [3.05, 3.63) is 149 Å². The third-order valence-electron chi connectivity index (χ3n) is 18.7. The fourth-order valence-electron chi connectivity index (χ4n) is 13.9. The molecular formula is C68H69BN2O3. The first-order valence-electron chi connectivity index (χ1n) is 27.4. The molecule has 7 aromatic carbocycles. The molecule has 0 amide bonds. The summed E-state index contributed by atoms with van der Waals surface area (Å²) < 4.78 is 22.0. The molecule has 0 bridgehead atoms. The molecule has 0 radical (unpaired) electrons. The maximum Gasteiger partial charge on any atom is 0.376 e. The molecule has 10 aromatic rings. The van der Waals surface area contributed by atoms with Crippen molar-refractivity contribution in [1.82, 2.24) is 0 Å². The van der Waals surface area contributed by atoms with Crippen molar-refractivity contribution >= 4 is 101 Å². The first kappa shape index (κ1) is 45.9. The predicted molar refractivity (Wildman–Crippen MR) is 312 cm³/mol. The molecule has 372 valence electrons. The van der Waals surface area contributed by atoms with E-state index in [4.69, 9.17) is 13.3 Å². The van der Waals surface area contributed by atoms with Crippen LogP contribution in [0, 0.1) is 0 Å². The Morgan fingerprint density at radius 1 is 0.446 bits per heavy atom. The Hall–Kier alpha value is -6.66. The molecule has 3 aromatic heterocycles. The van der Waals surface area contributed by atoms with Gasteiger partial charge in [0.05, 0.1) is 5.69 Å². The fourth-order valence-corrected chi connectivity index (χ4v) is 13.9. The van der Waals surface area contributed by atoms with E-state index in [1.165, 1.54) is 38.8 Å². The third-order valence-corrected chi connectivity index (χ3v) is 18.7. The van der Waals surface area contributed by atoms with Crippen LogP contribution in [0.1, 0.15) is 156 Å². The number of hydrogen-bond acceptors (Lipinski definition) is 5. The second-order valence-corrected chi connectivity index (χ2v) is 27.5. The minimum absolute atomic E-state index is 0.00192. The van der Waals surface area contributed by atoms with Crippen LogP contribution in [-0.4, -0.2) is 6.85 Å². The highest BCUT2D eigenvalue weighted by Gasteiger charge is 2.51. The van der Waals surface area contributed by atoms with Crippen molar-refractivity contribution in [2.45, 2.75) is 155 Å². The maximum absolute atomic E-state index is 7.56. The van der Waals surface area contributed by atoms with E-state index in [0.717, 1.165) is 126 Å². The average molecular weight is 973 g/mol. The Bertz CT molecular complexity index is 4060. The zero-order valence-corrected chi connectivity index (χ0v) is 46.0. The molecule has 74 heavy (non-hydrogen) atoms. The molecule has 6 heteroatoms. The lowest BCUT2D eigenvalue weighted by molar-refractivity contribution is 0.332. The second kappa shape index (κ2) is 14.6. The van der Waals surface area contributed by atoms with Gasteiger partial charge in [-0.15, -0.1) is 0 Å². The first-order chi connectivity index (χ1) is 34.9. The Morgan fingerprint density at radius 2 is 1.03 bits per heavy atom. The van der Waals surface area contributed by atoms with Crippen LogP contribution < -0.4 is 20.8 Å². The minimum Gasteiger partial charge on any atom is -0.466 e. The molecule has 14 rings (SSSR count). The van der Waals surface area contributed by atoms with Crippen LogP contribution in [0.25, 0.3) is 66.0 Å². The molecule has 0 fully saturated rings. The van der Waals surface area contributed by atoms with Crippen molar-refractivity contribution in [3.63, 3.8) is 0 Å². The second-order valence-electron chi connectivity index (χ2n) is 27.5. The van der Waals surface area contributed by atoms with Gasteiger partial charge in [-0.2, -0.15) is 0 Å². The highest BCUT2D eigenvalue weighted by Crippen LogP contribution is 2.56. The van der Waals surface area contributed by atoms with Crippen molar-refractivity contribution < 1.29 is 13.3 Å². The van der Waals surface area contributed by atoms with Gasteiger partial charge in [-0.05, 0) is 164 Å². The summed E-state index contributed by atoms with van der Waals surface area (Å²) >= 11 is 0. The van der Waals surface area contributed by atoms with Crippen molar-refractivity contribution in [1.29, 1.82) is 0 Å².